The molecule has 0 bridgehead atoms. The fourth-order valence-electron chi connectivity index (χ4n) is 3.59. The summed E-state index contributed by atoms with van der Waals surface area (Å²) in [5, 5.41) is 0. The predicted molar refractivity (Wildman–Crippen MR) is 110 cm³/mol. The lowest BCUT2D eigenvalue weighted by molar-refractivity contribution is 0.414. The highest BCUT2D eigenvalue weighted by Crippen LogP contribution is 2.30. The van der Waals surface area contributed by atoms with Gasteiger partial charge in [0, 0.05) is 18.5 Å². The fraction of sp³-hybridized carbons (Fsp3) is 0.500. The lowest BCUT2D eigenvalue weighted by Gasteiger charge is -2.09. The highest BCUT2D eigenvalue weighted by molar-refractivity contribution is 5.88. The summed E-state index contributed by atoms with van der Waals surface area (Å²) in [6, 6.07) is 6.07. The van der Waals surface area contributed by atoms with Crippen molar-refractivity contribution < 1.29 is 4.74 Å². The van der Waals surface area contributed by atoms with Crippen LogP contribution in [0.1, 0.15) is 57.3 Å². The summed E-state index contributed by atoms with van der Waals surface area (Å²) in [6.45, 7) is 7.46. The molecule has 0 aliphatic carbocycles. The van der Waals surface area contributed by atoms with Crippen molar-refractivity contribution in [3.63, 3.8) is 0 Å². The third-order valence-electron chi connectivity index (χ3n) is 5.10. The number of ether oxygens (including phenoxy) is 1. The normalized spacial score (nSPS) is 11.3. The second kappa shape index (κ2) is 8.98. The van der Waals surface area contributed by atoms with Crippen molar-refractivity contribution >= 4 is 11.2 Å². The third-order valence-corrected chi connectivity index (χ3v) is 5.10. The number of methoxy groups -OCH3 is 1. The van der Waals surface area contributed by atoms with E-state index in [4.69, 9.17) is 9.72 Å². The van der Waals surface area contributed by atoms with Gasteiger partial charge in [-0.2, -0.15) is 0 Å². The Bertz CT molecular complexity index is 901. The molecule has 0 radical (unpaired) electrons. The molecule has 0 amide bonds. The topological polar surface area (TPSA) is 52.8 Å². The van der Waals surface area contributed by atoms with Crippen LogP contribution in [-0.2, 0) is 13.0 Å². The summed E-state index contributed by atoms with van der Waals surface area (Å²) < 4.78 is 7.62. The summed E-state index contributed by atoms with van der Waals surface area (Å²) in [5.41, 5.74) is 4.96. The average molecular weight is 367 g/mol. The van der Waals surface area contributed by atoms with Gasteiger partial charge in [-0.05, 0) is 37.1 Å². The largest absolute Gasteiger partial charge is 0.497 e. The molecule has 27 heavy (non-hydrogen) atoms. The molecule has 0 fully saturated rings. The first-order chi connectivity index (χ1) is 13.2. The van der Waals surface area contributed by atoms with Gasteiger partial charge < -0.3 is 9.30 Å². The van der Waals surface area contributed by atoms with Crippen LogP contribution < -0.4 is 4.74 Å². The number of rotatable bonds is 9. The molecule has 2 aromatic heterocycles. The highest BCUT2D eigenvalue weighted by atomic mass is 16.5. The van der Waals surface area contributed by atoms with E-state index in [1.165, 1.54) is 32.1 Å². The first kappa shape index (κ1) is 19.3. The van der Waals surface area contributed by atoms with Gasteiger partial charge >= 0.3 is 0 Å². The second-order valence-corrected chi connectivity index (χ2v) is 7.02. The summed E-state index contributed by atoms with van der Waals surface area (Å²) in [4.78, 5) is 14.1. The minimum Gasteiger partial charge on any atom is -0.497 e. The molecule has 144 valence electrons. The van der Waals surface area contributed by atoms with E-state index in [-0.39, 0.29) is 0 Å². The molecule has 3 aromatic rings. The Kier molecular flexibility index (Phi) is 6.43. The predicted octanol–water partition coefficient (Wildman–Crippen LogP) is 5.34. The standard InChI is InChI=1S/C22H30N4O/c1-5-7-8-9-10-13-26-19(6-2)25-21-20(23-15-24-22(21)26)18-12-11-17(27-4)14-16(18)3/h11-12,14-15H,5-10,13H2,1-4H3. The van der Waals surface area contributed by atoms with Crippen molar-refractivity contribution in [1.82, 2.24) is 19.5 Å². The number of imidazole rings is 1. The van der Waals surface area contributed by atoms with Crippen molar-refractivity contribution in [2.75, 3.05) is 7.11 Å². The maximum absolute atomic E-state index is 5.33. The first-order valence-corrected chi connectivity index (χ1v) is 10.0. The Labute approximate surface area is 161 Å². The maximum Gasteiger partial charge on any atom is 0.164 e. The van der Waals surface area contributed by atoms with Crippen LogP contribution in [0.5, 0.6) is 5.75 Å². The number of nitrogens with zero attached hydrogens (tertiary/aromatic N) is 4. The molecule has 0 saturated carbocycles. The van der Waals surface area contributed by atoms with E-state index >= 15 is 0 Å². The third kappa shape index (κ3) is 4.12. The van der Waals surface area contributed by atoms with Crippen LogP contribution in [0.3, 0.4) is 0 Å². The van der Waals surface area contributed by atoms with E-state index in [2.05, 4.69) is 41.4 Å². The summed E-state index contributed by atoms with van der Waals surface area (Å²) >= 11 is 0. The number of hydrogen-bond acceptors (Lipinski definition) is 4. The first-order valence-electron chi connectivity index (χ1n) is 10.0. The van der Waals surface area contributed by atoms with Gasteiger partial charge in [-0.15, -0.1) is 0 Å². The van der Waals surface area contributed by atoms with Crippen molar-refractivity contribution in [3.05, 3.63) is 35.9 Å². The lowest BCUT2D eigenvalue weighted by Crippen LogP contribution is -2.04. The Balaban J connectivity index is 1.97. The zero-order chi connectivity index (χ0) is 19.2. The fourth-order valence-corrected chi connectivity index (χ4v) is 3.59. The number of benzene rings is 1. The van der Waals surface area contributed by atoms with E-state index < -0.39 is 0 Å². The van der Waals surface area contributed by atoms with E-state index in [9.17, 15) is 0 Å². The summed E-state index contributed by atoms with van der Waals surface area (Å²) in [7, 11) is 1.69. The molecular formula is C22H30N4O. The molecule has 5 heteroatoms. The molecule has 5 nitrogen and oxygen atoms in total. The summed E-state index contributed by atoms with van der Waals surface area (Å²) in [6.07, 6.45) is 8.87. The van der Waals surface area contributed by atoms with Crippen LogP contribution in [-0.4, -0.2) is 26.6 Å². The Morgan fingerprint density at radius 3 is 2.56 bits per heavy atom. The Morgan fingerprint density at radius 2 is 1.85 bits per heavy atom. The maximum atomic E-state index is 5.33. The van der Waals surface area contributed by atoms with Gasteiger partial charge in [-0.3, -0.25) is 0 Å². The number of aryl methyl sites for hydroxylation is 3. The minimum atomic E-state index is 0.855. The molecule has 0 unspecified atom stereocenters. The van der Waals surface area contributed by atoms with Gasteiger partial charge in [0.25, 0.3) is 0 Å². The highest BCUT2D eigenvalue weighted by Gasteiger charge is 2.17. The van der Waals surface area contributed by atoms with Crippen molar-refractivity contribution in [1.29, 1.82) is 0 Å². The molecule has 2 heterocycles. The van der Waals surface area contributed by atoms with E-state index in [1.807, 2.05) is 12.1 Å². The monoisotopic (exact) mass is 366 g/mol. The Hall–Kier alpha value is -2.43. The zero-order valence-electron chi connectivity index (χ0n) is 17.0. The average Bonchev–Trinajstić information content (AvgIpc) is 3.05. The van der Waals surface area contributed by atoms with Crippen LogP contribution in [0.15, 0.2) is 24.5 Å². The molecule has 0 atom stereocenters. The minimum absolute atomic E-state index is 0.855. The van der Waals surface area contributed by atoms with Gasteiger partial charge in [0.15, 0.2) is 5.65 Å². The van der Waals surface area contributed by atoms with Gasteiger partial charge in [0.1, 0.15) is 29.1 Å². The number of hydrogen-bond donors (Lipinski definition) is 0. The van der Waals surface area contributed by atoms with Crippen molar-refractivity contribution in [2.24, 2.45) is 0 Å². The van der Waals surface area contributed by atoms with Crippen LogP contribution in [0.4, 0.5) is 0 Å². The van der Waals surface area contributed by atoms with E-state index in [1.54, 1.807) is 13.4 Å². The SMILES string of the molecule is CCCCCCCn1c(CC)nc2c(-c3ccc(OC)cc3C)ncnc21. The van der Waals surface area contributed by atoms with E-state index in [0.717, 1.165) is 52.5 Å². The smallest absolute Gasteiger partial charge is 0.164 e. The number of aromatic nitrogens is 4. The molecule has 0 saturated heterocycles. The molecule has 0 aliphatic rings. The van der Waals surface area contributed by atoms with Gasteiger partial charge in [-0.25, -0.2) is 15.0 Å². The number of unbranched alkanes of at least 4 members (excludes halogenated alkanes) is 4. The van der Waals surface area contributed by atoms with Crippen molar-refractivity contribution in [3.8, 4) is 17.0 Å². The molecular weight excluding hydrogens is 336 g/mol. The molecule has 3 rings (SSSR count). The molecule has 0 spiro atoms. The van der Waals surface area contributed by atoms with Gasteiger partial charge in [-0.1, -0.05) is 39.5 Å². The zero-order valence-corrected chi connectivity index (χ0v) is 17.0. The lowest BCUT2D eigenvalue weighted by atomic mass is 10.0. The van der Waals surface area contributed by atoms with Crippen LogP contribution in [0.2, 0.25) is 0 Å². The molecule has 1 aromatic carbocycles. The summed E-state index contributed by atoms with van der Waals surface area (Å²) in [5.74, 6) is 1.95. The van der Waals surface area contributed by atoms with Gasteiger partial charge in [0.05, 0.1) is 7.11 Å². The van der Waals surface area contributed by atoms with Gasteiger partial charge in [0.2, 0.25) is 0 Å². The van der Waals surface area contributed by atoms with Crippen LogP contribution in [0, 0.1) is 6.92 Å². The molecule has 0 aliphatic heterocycles. The molecule has 0 N–H and O–H groups in total. The van der Waals surface area contributed by atoms with Crippen LogP contribution >= 0.6 is 0 Å². The van der Waals surface area contributed by atoms with E-state index in [0.29, 0.717) is 0 Å². The number of fused-ring (bicyclic) bond motifs is 1. The Morgan fingerprint density at radius 1 is 1.04 bits per heavy atom. The second-order valence-electron chi connectivity index (χ2n) is 7.02. The quantitative estimate of drug-likeness (QED) is 0.479. The van der Waals surface area contributed by atoms with Crippen LogP contribution in [0.25, 0.3) is 22.4 Å². The van der Waals surface area contributed by atoms with Crippen molar-refractivity contribution in [2.45, 2.75) is 65.8 Å².